The number of benzene rings is 2. The summed E-state index contributed by atoms with van der Waals surface area (Å²) in [5.74, 6) is -1.10. The summed E-state index contributed by atoms with van der Waals surface area (Å²) >= 11 is 6.09. The van der Waals surface area contributed by atoms with Crippen LogP contribution in [0.1, 0.15) is 12.5 Å². The summed E-state index contributed by atoms with van der Waals surface area (Å²) < 4.78 is 32.0. The second-order valence-corrected chi connectivity index (χ2v) is 4.59. The van der Waals surface area contributed by atoms with Crippen LogP contribution >= 0.6 is 11.6 Å². The smallest absolute Gasteiger partial charge is 0.168 e. The molecule has 2 nitrogen and oxygen atoms in total. The van der Waals surface area contributed by atoms with E-state index in [-0.39, 0.29) is 5.75 Å². The number of nitrogens with one attached hydrogen (secondary N) is 1. The largest absolute Gasteiger partial charge is 0.452 e. The van der Waals surface area contributed by atoms with Crippen LogP contribution in [0.4, 0.5) is 8.78 Å². The highest BCUT2D eigenvalue weighted by molar-refractivity contribution is 6.32. The van der Waals surface area contributed by atoms with Gasteiger partial charge in [0.25, 0.3) is 0 Å². The first kappa shape index (κ1) is 14.8. The van der Waals surface area contributed by atoms with Crippen molar-refractivity contribution in [1.29, 1.82) is 0 Å². The Morgan fingerprint density at radius 3 is 2.70 bits per heavy atom. The Balaban J connectivity index is 2.32. The molecule has 0 atom stereocenters. The summed E-state index contributed by atoms with van der Waals surface area (Å²) in [6.07, 6.45) is 0. The van der Waals surface area contributed by atoms with Gasteiger partial charge < -0.3 is 10.1 Å². The summed E-state index contributed by atoms with van der Waals surface area (Å²) in [7, 11) is 0. The van der Waals surface area contributed by atoms with Gasteiger partial charge in [0.2, 0.25) is 0 Å². The highest BCUT2D eigenvalue weighted by Gasteiger charge is 2.12. The van der Waals surface area contributed by atoms with Crippen LogP contribution in [-0.4, -0.2) is 6.54 Å². The average molecular weight is 298 g/mol. The van der Waals surface area contributed by atoms with Crippen molar-refractivity contribution in [2.24, 2.45) is 0 Å². The molecule has 0 aromatic heterocycles. The minimum Gasteiger partial charge on any atom is -0.452 e. The monoisotopic (exact) mass is 297 g/mol. The Morgan fingerprint density at radius 1 is 1.20 bits per heavy atom. The third-order valence-electron chi connectivity index (χ3n) is 2.72. The molecule has 0 aliphatic heterocycles. The number of hydrogen-bond donors (Lipinski definition) is 1. The number of halogens is 3. The van der Waals surface area contributed by atoms with Crippen LogP contribution < -0.4 is 10.1 Å². The Hall–Kier alpha value is -1.65. The molecular weight excluding hydrogens is 284 g/mol. The van der Waals surface area contributed by atoms with Crippen molar-refractivity contribution in [3.63, 3.8) is 0 Å². The second-order valence-electron chi connectivity index (χ2n) is 4.19. The van der Waals surface area contributed by atoms with Crippen LogP contribution in [0.3, 0.4) is 0 Å². The molecule has 0 bridgehead atoms. The lowest BCUT2D eigenvalue weighted by Gasteiger charge is -2.13. The van der Waals surface area contributed by atoms with Gasteiger partial charge in [-0.25, -0.2) is 8.78 Å². The Kier molecular flexibility index (Phi) is 4.93. The molecule has 2 aromatic carbocycles. The van der Waals surface area contributed by atoms with E-state index >= 15 is 0 Å². The summed E-state index contributed by atoms with van der Waals surface area (Å²) in [6.45, 7) is 3.32. The lowest BCUT2D eigenvalue weighted by Crippen LogP contribution is -2.12. The maximum atomic E-state index is 13.6. The summed E-state index contributed by atoms with van der Waals surface area (Å²) in [5.41, 5.74) is 0.808. The van der Waals surface area contributed by atoms with E-state index in [0.717, 1.165) is 24.2 Å². The zero-order valence-corrected chi connectivity index (χ0v) is 11.7. The van der Waals surface area contributed by atoms with E-state index in [4.69, 9.17) is 16.3 Å². The topological polar surface area (TPSA) is 21.3 Å². The molecule has 2 rings (SSSR count). The van der Waals surface area contributed by atoms with Gasteiger partial charge in [0, 0.05) is 18.2 Å². The van der Waals surface area contributed by atoms with Gasteiger partial charge in [0.15, 0.2) is 17.3 Å². The molecule has 0 aliphatic rings. The lowest BCUT2D eigenvalue weighted by atomic mass is 10.2. The second kappa shape index (κ2) is 6.68. The van der Waals surface area contributed by atoms with Gasteiger partial charge in [-0.1, -0.05) is 30.7 Å². The van der Waals surface area contributed by atoms with Crippen LogP contribution in [-0.2, 0) is 6.54 Å². The zero-order valence-electron chi connectivity index (χ0n) is 10.9. The molecule has 20 heavy (non-hydrogen) atoms. The SMILES string of the molecule is CCNCc1cccc(Cl)c1Oc1ccc(F)cc1F. The Morgan fingerprint density at radius 2 is 2.00 bits per heavy atom. The third kappa shape index (κ3) is 3.46. The van der Waals surface area contributed by atoms with E-state index in [1.54, 1.807) is 12.1 Å². The standard InChI is InChI=1S/C15H14ClF2NO/c1-2-19-9-10-4-3-5-12(16)15(10)20-14-7-6-11(17)8-13(14)18/h3-8,19H,2,9H2,1H3. The minimum atomic E-state index is -0.765. The molecular formula is C15H14ClF2NO. The van der Waals surface area contributed by atoms with Gasteiger partial charge in [-0.15, -0.1) is 0 Å². The summed E-state index contributed by atoms with van der Waals surface area (Å²) in [4.78, 5) is 0. The first-order valence-corrected chi connectivity index (χ1v) is 6.60. The fourth-order valence-electron chi connectivity index (χ4n) is 1.73. The molecule has 0 saturated carbocycles. The highest BCUT2D eigenvalue weighted by atomic mass is 35.5. The Labute approximate surface area is 121 Å². The molecule has 0 fully saturated rings. The number of para-hydroxylation sites is 1. The van der Waals surface area contributed by atoms with Gasteiger partial charge >= 0.3 is 0 Å². The molecule has 0 radical (unpaired) electrons. The van der Waals surface area contributed by atoms with Crippen LogP contribution in [0.25, 0.3) is 0 Å². The summed E-state index contributed by atoms with van der Waals surface area (Å²) in [5, 5.41) is 3.53. The molecule has 0 unspecified atom stereocenters. The average Bonchev–Trinajstić information content (AvgIpc) is 2.42. The Bertz CT molecular complexity index is 604. The molecule has 5 heteroatoms. The van der Waals surface area contributed by atoms with Crippen LogP contribution in [0, 0.1) is 11.6 Å². The number of hydrogen-bond acceptors (Lipinski definition) is 2. The molecule has 0 aliphatic carbocycles. The van der Waals surface area contributed by atoms with Gasteiger partial charge in [0.05, 0.1) is 5.02 Å². The number of rotatable bonds is 5. The van der Waals surface area contributed by atoms with Crippen molar-refractivity contribution in [3.8, 4) is 11.5 Å². The van der Waals surface area contributed by atoms with E-state index in [1.165, 1.54) is 6.07 Å². The van der Waals surface area contributed by atoms with E-state index in [9.17, 15) is 8.78 Å². The van der Waals surface area contributed by atoms with Gasteiger partial charge in [-0.05, 0) is 24.7 Å². The van der Waals surface area contributed by atoms with Crippen molar-refractivity contribution in [3.05, 3.63) is 58.6 Å². The molecule has 1 N–H and O–H groups in total. The van der Waals surface area contributed by atoms with Crippen molar-refractivity contribution in [2.75, 3.05) is 6.54 Å². The number of ether oxygens (including phenoxy) is 1. The molecule has 0 heterocycles. The van der Waals surface area contributed by atoms with Crippen molar-refractivity contribution < 1.29 is 13.5 Å². The maximum Gasteiger partial charge on any atom is 0.168 e. The fraction of sp³-hybridized carbons (Fsp3) is 0.200. The van der Waals surface area contributed by atoms with Crippen LogP contribution in [0.15, 0.2) is 36.4 Å². The molecule has 0 spiro atoms. The lowest BCUT2D eigenvalue weighted by molar-refractivity contribution is 0.432. The molecule has 0 amide bonds. The minimum absolute atomic E-state index is 0.0581. The maximum absolute atomic E-state index is 13.6. The normalized spacial score (nSPS) is 10.6. The van der Waals surface area contributed by atoms with E-state index in [1.807, 2.05) is 13.0 Å². The third-order valence-corrected chi connectivity index (χ3v) is 3.02. The predicted octanol–water partition coefficient (Wildman–Crippen LogP) is 4.52. The first-order chi connectivity index (χ1) is 9.61. The van der Waals surface area contributed by atoms with Gasteiger partial charge in [-0.3, -0.25) is 0 Å². The van der Waals surface area contributed by atoms with E-state index in [2.05, 4.69) is 5.32 Å². The van der Waals surface area contributed by atoms with E-state index < -0.39 is 11.6 Å². The van der Waals surface area contributed by atoms with Crippen molar-refractivity contribution >= 4 is 11.6 Å². The quantitative estimate of drug-likeness (QED) is 0.876. The molecule has 106 valence electrons. The first-order valence-electron chi connectivity index (χ1n) is 6.23. The predicted molar refractivity (Wildman–Crippen MR) is 75.3 cm³/mol. The van der Waals surface area contributed by atoms with Crippen molar-refractivity contribution in [2.45, 2.75) is 13.5 Å². The zero-order chi connectivity index (χ0) is 14.5. The van der Waals surface area contributed by atoms with Crippen LogP contribution in [0.2, 0.25) is 5.02 Å². The summed E-state index contributed by atoms with van der Waals surface area (Å²) in [6, 6.07) is 8.45. The highest BCUT2D eigenvalue weighted by Crippen LogP contribution is 2.34. The van der Waals surface area contributed by atoms with E-state index in [0.29, 0.717) is 17.3 Å². The van der Waals surface area contributed by atoms with Gasteiger partial charge in [0.1, 0.15) is 5.82 Å². The molecule has 2 aromatic rings. The van der Waals surface area contributed by atoms with Crippen LogP contribution in [0.5, 0.6) is 11.5 Å². The van der Waals surface area contributed by atoms with Crippen molar-refractivity contribution in [1.82, 2.24) is 5.32 Å². The molecule has 0 saturated heterocycles. The fourth-order valence-corrected chi connectivity index (χ4v) is 1.97. The van der Waals surface area contributed by atoms with Gasteiger partial charge in [-0.2, -0.15) is 0 Å².